The van der Waals surface area contributed by atoms with Gasteiger partial charge in [-0.15, -0.1) is 0 Å². The Balaban J connectivity index is 0.000000149. The van der Waals surface area contributed by atoms with Crippen molar-refractivity contribution in [1.82, 2.24) is 0 Å². The molecule has 2 N–H and O–H groups in total. The molecule has 0 aliphatic heterocycles. The van der Waals surface area contributed by atoms with Crippen molar-refractivity contribution in [2.45, 2.75) is 13.5 Å². The summed E-state index contributed by atoms with van der Waals surface area (Å²) in [5, 5.41) is 15.3. The zero-order chi connectivity index (χ0) is 37.3. The van der Waals surface area contributed by atoms with Crippen molar-refractivity contribution in [2.75, 3.05) is 0 Å². The molecule has 0 unspecified atom stereocenters. The van der Waals surface area contributed by atoms with Gasteiger partial charge < -0.3 is 5.73 Å². The first-order valence-corrected chi connectivity index (χ1v) is 18.8. The van der Waals surface area contributed by atoms with Crippen LogP contribution in [0.4, 0.5) is 0 Å². The normalized spacial score (nSPS) is 11.7. The van der Waals surface area contributed by atoms with Gasteiger partial charge in [-0.1, -0.05) is 183 Å². The SMILES string of the molecule is C=C(N)c1cccc(-c2cc3c4ccccc4c4ccccc4c3c3ccccc23)c1.CC(=NCc1cccc2ccccc12)c1cccc2ccccc12. The Kier molecular flexibility index (Phi) is 8.86. The van der Waals surface area contributed by atoms with Crippen molar-refractivity contribution in [3.05, 3.63) is 211 Å². The number of hydrogen-bond acceptors (Lipinski definition) is 2. The third-order valence-corrected chi connectivity index (χ3v) is 10.8. The molecule has 2 heteroatoms. The fourth-order valence-corrected chi connectivity index (χ4v) is 8.15. The lowest BCUT2D eigenvalue weighted by atomic mass is 9.87. The zero-order valence-electron chi connectivity index (χ0n) is 30.8. The van der Waals surface area contributed by atoms with Crippen LogP contribution in [0.15, 0.2) is 200 Å². The minimum atomic E-state index is 0.586. The van der Waals surface area contributed by atoms with Crippen molar-refractivity contribution in [2.24, 2.45) is 10.7 Å². The highest BCUT2D eigenvalue weighted by atomic mass is 14.7. The van der Waals surface area contributed by atoms with E-state index in [0.29, 0.717) is 12.2 Å². The third-order valence-electron chi connectivity index (χ3n) is 10.8. The quantitative estimate of drug-likeness (QED) is 0.141. The molecule has 0 amide bonds. The van der Waals surface area contributed by atoms with Crippen LogP contribution in [-0.4, -0.2) is 5.71 Å². The summed E-state index contributed by atoms with van der Waals surface area (Å²) < 4.78 is 0. The van der Waals surface area contributed by atoms with Crippen molar-refractivity contribution in [3.63, 3.8) is 0 Å². The van der Waals surface area contributed by atoms with Crippen LogP contribution in [0.25, 0.3) is 81.5 Å². The van der Waals surface area contributed by atoms with Crippen LogP contribution in [0.2, 0.25) is 0 Å². The van der Waals surface area contributed by atoms with Gasteiger partial charge in [0.25, 0.3) is 0 Å². The highest BCUT2D eigenvalue weighted by Crippen LogP contribution is 2.42. The molecule has 0 aliphatic carbocycles. The summed E-state index contributed by atoms with van der Waals surface area (Å²) in [5.74, 6) is 0. The average molecular weight is 705 g/mol. The van der Waals surface area contributed by atoms with Crippen molar-refractivity contribution >= 4 is 76.0 Å². The molecule has 10 aromatic carbocycles. The first-order valence-electron chi connectivity index (χ1n) is 18.8. The number of aliphatic imine (C=N–C) groups is 1. The van der Waals surface area contributed by atoms with E-state index in [1.54, 1.807) is 0 Å². The van der Waals surface area contributed by atoms with Gasteiger partial charge in [0.05, 0.1) is 6.54 Å². The van der Waals surface area contributed by atoms with Gasteiger partial charge in [0, 0.05) is 17.0 Å². The Morgan fingerprint density at radius 2 is 0.964 bits per heavy atom. The van der Waals surface area contributed by atoms with Crippen LogP contribution in [0.5, 0.6) is 0 Å². The lowest BCUT2D eigenvalue weighted by molar-refractivity contribution is 1.08. The van der Waals surface area contributed by atoms with Crippen molar-refractivity contribution in [1.29, 1.82) is 0 Å². The molecule has 0 spiro atoms. The lowest BCUT2D eigenvalue weighted by Crippen LogP contribution is -1.97. The van der Waals surface area contributed by atoms with Crippen LogP contribution in [0.3, 0.4) is 0 Å². The molecule has 0 radical (unpaired) electrons. The van der Waals surface area contributed by atoms with Crippen LogP contribution in [0.1, 0.15) is 23.6 Å². The van der Waals surface area contributed by atoms with Crippen LogP contribution < -0.4 is 5.73 Å². The fraction of sp³-hybridized carbons (Fsp3) is 0.0377. The summed E-state index contributed by atoms with van der Waals surface area (Å²) >= 11 is 0. The molecule has 0 saturated heterocycles. The molecule has 55 heavy (non-hydrogen) atoms. The topological polar surface area (TPSA) is 38.4 Å². The van der Waals surface area contributed by atoms with E-state index in [-0.39, 0.29) is 0 Å². The fourth-order valence-electron chi connectivity index (χ4n) is 8.15. The van der Waals surface area contributed by atoms with Gasteiger partial charge >= 0.3 is 0 Å². The van der Waals surface area contributed by atoms with E-state index in [1.807, 2.05) is 6.07 Å². The highest BCUT2D eigenvalue weighted by Gasteiger charge is 2.15. The Morgan fingerprint density at radius 3 is 1.65 bits per heavy atom. The minimum absolute atomic E-state index is 0.586. The standard InChI is InChI=1S/C30H21N.C23H19N/c1-19(31)20-9-8-10-21(17-20)28-18-29-24-13-3-2-11-22(24)23-12-4-6-15-26(23)30(29)27-16-7-5-14-25(27)28;1-17(21-15-7-11-19-9-3-5-14-23(19)21)24-16-20-12-6-10-18-8-2-4-13-22(18)20/h2-18H,1,31H2;2-15H,16H2,1H3. The predicted octanol–water partition coefficient (Wildman–Crippen LogP) is 13.9. The van der Waals surface area contributed by atoms with Crippen LogP contribution >= 0.6 is 0 Å². The second-order valence-electron chi connectivity index (χ2n) is 14.2. The first kappa shape index (κ1) is 33.8. The molecule has 0 aliphatic rings. The van der Waals surface area contributed by atoms with E-state index in [0.717, 1.165) is 16.8 Å². The second kappa shape index (κ2) is 14.4. The third kappa shape index (κ3) is 6.28. The van der Waals surface area contributed by atoms with E-state index in [2.05, 4.69) is 195 Å². The predicted molar refractivity (Wildman–Crippen MR) is 239 cm³/mol. The number of fused-ring (bicyclic) bond motifs is 10. The Hall–Kier alpha value is -7.03. The molecule has 0 heterocycles. The summed E-state index contributed by atoms with van der Waals surface area (Å²) in [6.07, 6.45) is 0. The number of nitrogens with zero attached hydrogens (tertiary/aromatic N) is 1. The maximum absolute atomic E-state index is 6.01. The van der Waals surface area contributed by atoms with E-state index < -0.39 is 0 Å². The van der Waals surface area contributed by atoms with Crippen molar-refractivity contribution in [3.8, 4) is 11.1 Å². The lowest BCUT2D eigenvalue weighted by Gasteiger charge is -2.16. The molecule has 10 aromatic rings. The largest absolute Gasteiger partial charge is 0.399 e. The zero-order valence-corrected chi connectivity index (χ0v) is 30.8. The molecular formula is C53H40N2. The number of hydrogen-bond donors (Lipinski definition) is 1. The molecule has 0 bridgehead atoms. The van der Waals surface area contributed by atoms with E-state index in [1.165, 1.54) is 81.3 Å². The number of benzene rings is 10. The first-order chi connectivity index (χ1) is 27.0. The Labute approximate surface area is 321 Å². The number of nitrogens with two attached hydrogens (primary N) is 1. The monoisotopic (exact) mass is 704 g/mol. The molecule has 2 nitrogen and oxygen atoms in total. The van der Waals surface area contributed by atoms with Crippen LogP contribution in [-0.2, 0) is 6.54 Å². The van der Waals surface area contributed by atoms with Gasteiger partial charge in [0.1, 0.15) is 0 Å². The Bertz CT molecular complexity index is 3100. The number of rotatable bonds is 5. The van der Waals surface area contributed by atoms with Gasteiger partial charge in [0.15, 0.2) is 0 Å². The second-order valence-corrected chi connectivity index (χ2v) is 14.2. The van der Waals surface area contributed by atoms with E-state index in [9.17, 15) is 0 Å². The van der Waals surface area contributed by atoms with Crippen LogP contribution in [0, 0.1) is 0 Å². The van der Waals surface area contributed by atoms with Gasteiger partial charge in [-0.05, 0) is 106 Å². The maximum atomic E-state index is 6.01. The van der Waals surface area contributed by atoms with Gasteiger partial charge in [-0.2, -0.15) is 0 Å². The van der Waals surface area contributed by atoms with Crippen molar-refractivity contribution < 1.29 is 0 Å². The van der Waals surface area contributed by atoms with Gasteiger partial charge in [-0.25, -0.2) is 0 Å². The summed E-state index contributed by atoms with van der Waals surface area (Å²) in [4.78, 5) is 4.88. The van der Waals surface area contributed by atoms with Gasteiger partial charge in [-0.3, -0.25) is 4.99 Å². The van der Waals surface area contributed by atoms with Gasteiger partial charge in [0.2, 0.25) is 0 Å². The summed E-state index contributed by atoms with van der Waals surface area (Å²) in [6.45, 7) is 6.73. The summed E-state index contributed by atoms with van der Waals surface area (Å²) in [5.41, 5.74) is 13.5. The minimum Gasteiger partial charge on any atom is -0.399 e. The smallest absolute Gasteiger partial charge is 0.0649 e. The molecule has 0 aromatic heterocycles. The summed E-state index contributed by atoms with van der Waals surface area (Å²) in [6, 6.07) is 66.7. The Morgan fingerprint density at radius 1 is 0.473 bits per heavy atom. The average Bonchev–Trinajstić information content (AvgIpc) is 3.25. The summed E-state index contributed by atoms with van der Waals surface area (Å²) in [7, 11) is 0. The highest BCUT2D eigenvalue weighted by molar-refractivity contribution is 6.33. The molecule has 0 fully saturated rings. The molecule has 262 valence electrons. The van der Waals surface area contributed by atoms with E-state index >= 15 is 0 Å². The van der Waals surface area contributed by atoms with E-state index in [4.69, 9.17) is 10.7 Å². The molecule has 0 saturated carbocycles. The maximum Gasteiger partial charge on any atom is 0.0649 e. The molecule has 0 atom stereocenters. The molecule has 10 rings (SSSR count). The molecular weight excluding hydrogens is 665 g/mol.